The Morgan fingerprint density at radius 3 is 2.88 bits per heavy atom. The molecule has 0 fully saturated rings. The number of aliphatic hydroxyl groups excluding tert-OH is 1. The molecule has 1 aromatic heterocycles. The highest BCUT2D eigenvalue weighted by molar-refractivity contribution is 5.62. The van der Waals surface area contributed by atoms with E-state index in [1.807, 2.05) is 24.4 Å². The molecule has 0 aliphatic carbocycles. The number of nitrogens with zero attached hydrogens (tertiary/aromatic N) is 2. The van der Waals surface area contributed by atoms with Crippen LogP contribution in [0.4, 0.5) is 0 Å². The van der Waals surface area contributed by atoms with E-state index < -0.39 is 0 Å². The lowest BCUT2D eigenvalue weighted by atomic mass is 10.1. The number of rotatable bonds is 6. The summed E-state index contributed by atoms with van der Waals surface area (Å²) in [6, 6.07) is 12.2. The average molecular weight is 350 g/mol. The third-order valence-electron chi connectivity index (χ3n) is 4.57. The van der Waals surface area contributed by atoms with E-state index in [9.17, 15) is 5.11 Å². The van der Waals surface area contributed by atoms with Crippen molar-refractivity contribution in [1.29, 1.82) is 0 Å². The van der Waals surface area contributed by atoms with Crippen LogP contribution in [0.5, 0.6) is 5.75 Å². The predicted molar refractivity (Wildman–Crippen MR) is 99.2 cm³/mol. The van der Waals surface area contributed by atoms with Gasteiger partial charge < -0.3 is 14.6 Å². The van der Waals surface area contributed by atoms with E-state index >= 15 is 0 Å². The van der Waals surface area contributed by atoms with Crippen LogP contribution in [0.1, 0.15) is 30.0 Å². The molecule has 26 heavy (non-hydrogen) atoms. The van der Waals surface area contributed by atoms with Gasteiger partial charge >= 0.3 is 0 Å². The molecule has 0 saturated carbocycles. The lowest BCUT2D eigenvalue weighted by molar-refractivity contribution is 0.134. The summed E-state index contributed by atoms with van der Waals surface area (Å²) >= 11 is 0. The molecular weight excluding hydrogens is 328 g/mol. The van der Waals surface area contributed by atoms with Gasteiger partial charge in [-0.25, -0.2) is 4.98 Å². The summed E-state index contributed by atoms with van der Waals surface area (Å²) in [5.74, 6) is 1.56. The summed E-state index contributed by atoms with van der Waals surface area (Å²) in [7, 11) is 0. The topological polar surface area (TPSA) is 56.5 Å². The van der Waals surface area contributed by atoms with Crippen LogP contribution in [-0.4, -0.2) is 21.3 Å². The second-order valence-corrected chi connectivity index (χ2v) is 6.40. The number of hydrogen-bond acceptors (Lipinski definition) is 4. The van der Waals surface area contributed by atoms with Gasteiger partial charge in [0.2, 0.25) is 0 Å². The number of benzene rings is 2. The zero-order valence-electron chi connectivity index (χ0n) is 14.8. The summed E-state index contributed by atoms with van der Waals surface area (Å²) in [6.45, 7) is 3.98. The Morgan fingerprint density at radius 2 is 2.04 bits per heavy atom. The fourth-order valence-corrected chi connectivity index (χ4v) is 3.23. The Labute approximate surface area is 152 Å². The second-order valence-electron chi connectivity index (χ2n) is 6.40. The molecule has 5 nitrogen and oxygen atoms in total. The van der Waals surface area contributed by atoms with Crippen LogP contribution in [0.15, 0.2) is 48.8 Å². The fraction of sp³-hybridized carbons (Fsp3) is 0.286. The minimum absolute atomic E-state index is 0.0657. The maximum absolute atomic E-state index is 9.71. The van der Waals surface area contributed by atoms with Crippen LogP contribution in [0.2, 0.25) is 0 Å². The highest BCUT2D eigenvalue weighted by atomic mass is 16.5. The Morgan fingerprint density at radius 1 is 1.15 bits per heavy atom. The highest BCUT2D eigenvalue weighted by Gasteiger charge is 2.15. The Hall–Kier alpha value is -2.63. The van der Waals surface area contributed by atoms with Gasteiger partial charge in [0.1, 0.15) is 11.6 Å². The quantitative estimate of drug-likeness (QED) is 0.734. The van der Waals surface area contributed by atoms with Gasteiger partial charge in [-0.05, 0) is 47.9 Å². The minimum atomic E-state index is -0.0657. The first-order chi connectivity index (χ1) is 12.8. The minimum Gasteiger partial charge on any atom is -0.493 e. The Balaban J connectivity index is 1.70. The van der Waals surface area contributed by atoms with Gasteiger partial charge in [0.25, 0.3) is 0 Å². The third kappa shape index (κ3) is 3.11. The number of imidazole rings is 1. The van der Waals surface area contributed by atoms with Crippen LogP contribution in [0.3, 0.4) is 0 Å². The SMILES string of the molecule is CCCOc1ccc(-c2nccn2-c2ccc3c(c2)COC3)cc1CO. The van der Waals surface area contributed by atoms with Gasteiger partial charge in [-0.2, -0.15) is 0 Å². The summed E-state index contributed by atoms with van der Waals surface area (Å²) in [6.07, 6.45) is 4.67. The first-order valence-electron chi connectivity index (χ1n) is 8.90. The van der Waals surface area contributed by atoms with Crippen molar-refractivity contribution in [3.05, 3.63) is 65.5 Å². The van der Waals surface area contributed by atoms with Crippen LogP contribution >= 0.6 is 0 Å². The molecule has 4 rings (SSSR count). The van der Waals surface area contributed by atoms with Gasteiger partial charge in [-0.15, -0.1) is 0 Å². The average Bonchev–Trinajstić information content (AvgIpc) is 3.34. The fourth-order valence-electron chi connectivity index (χ4n) is 3.23. The van der Waals surface area contributed by atoms with Crippen LogP contribution < -0.4 is 4.74 Å². The zero-order chi connectivity index (χ0) is 17.9. The van der Waals surface area contributed by atoms with Gasteiger partial charge in [-0.1, -0.05) is 13.0 Å². The molecule has 5 heteroatoms. The standard InChI is InChI=1S/C21H22N2O3/c1-2-9-26-20-6-4-15(10-17(20)12-24)21-22-7-8-23(21)19-5-3-16-13-25-14-18(16)11-19/h3-8,10-11,24H,2,9,12-14H2,1H3. The lowest BCUT2D eigenvalue weighted by Crippen LogP contribution is -2.01. The molecule has 1 aliphatic rings. The van der Waals surface area contributed by atoms with Gasteiger partial charge in [0, 0.05) is 29.2 Å². The summed E-state index contributed by atoms with van der Waals surface area (Å²) < 4.78 is 13.3. The molecule has 134 valence electrons. The number of hydrogen-bond donors (Lipinski definition) is 1. The van der Waals surface area contributed by atoms with E-state index in [1.165, 1.54) is 11.1 Å². The van der Waals surface area contributed by atoms with Gasteiger partial charge in [-0.3, -0.25) is 4.57 Å². The van der Waals surface area contributed by atoms with Crippen molar-refractivity contribution < 1.29 is 14.6 Å². The third-order valence-corrected chi connectivity index (χ3v) is 4.57. The van der Waals surface area contributed by atoms with Crippen molar-refractivity contribution in [2.45, 2.75) is 33.2 Å². The van der Waals surface area contributed by atoms with E-state index in [-0.39, 0.29) is 6.61 Å². The molecule has 0 spiro atoms. The van der Waals surface area contributed by atoms with Crippen molar-refractivity contribution in [3.63, 3.8) is 0 Å². The van der Waals surface area contributed by atoms with Crippen molar-refractivity contribution in [3.8, 4) is 22.8 Å². The van der Waals surface area contributed by atoms with E-state index in [4.69, 9.17) is 9.47 Å². The lowest BCUT2D eigenvalue weighted by Gasteiger charge is -2.13. The molecule has 0 unspecified atom stereocenters. The van der Waals surface area contributed by atoms with Crippen LogP contribution in [-0.2, 0) is 24.6 Å². The molecule has 0 radical (unpaired) electrons. The normalized spacial score (nSPS) is 13.0. The summed E-state index contributed by atoms with van der Waals surface area (Å²) in [5.41, 5.74) is 5.24. The highest BCUT2D eigenvalue weighted by Crippen LogP contribution is 2.29. The van der Waals surface area contributed by atoms with E-state index in [2.05, 4.69) is 34.7 Å². The number of ether oxygens (including phenoxy) is 2. The number of aromatic nitrogens is 2. The molecule has 1 aliphatic heterocycles. The van der Waals surface area contributed by atoms with E-state index in [1.54, 1.807) is 6.20 Å². The van der Waals surface area contributed by atoms with Gasteiger partial charge in [0.05, 0.1) is 26.4 Å². The largest absolute Gasteiger partial charge is 0.493 e. The first kappa shape index (κ1) is 16.8. The second kappa shape index (κ2) is 7.32. The zero-order valence-corrected chi connectivity index (χ0v) is 14.8. The van der Waals surface area contributed by atoms with E-state index in [0.717, 1.165) is 34.8 Å². The predicted octanol–water partition coefficient (Wildman–Crippen LogP) is 3.85. The molecular formula is C21H22N2O3. The summed E-state index contributed by atoms with van der Waals surface area (Å²) in [5, 5.41) is 9.71. The van der Waals surface area contributed by atoms with Crippen molar-refractivity contribution in [2.24, 2.45) is 0 Å². The smallest absolute Gasteiger partial charge is 0.144 e. The molecule has 0 bridgehead atoms. The molecule has 1 N–H and O–H groups in total. The van der Waals surface area contributed by atoms with Crippen LogP contribution in [0.25, 0.3) is 17.1 Å². The first-order valence-corrected chi connectivity index (χ1v) is 8.90. The van der Waals surface area contributed by atoms with Crippen molar-refractivity contribution >= 4 is 0 Å². The monoisotopic (exact) mass is 350 g/mol. The molecule has 0 amide bonds. The molecule has 0 saturated heterocycles. The molecule has 0 atom stereocenters. The van der Waals surface area contributed by atoms with Gasteiger partial charge in [0.15, 0.2) is 0 Å². The maximum atomic E-state index is 9.71. The molecule has 2 heterocycles. The maximum Gasteiger partial charge on any atom is 0.144 e. The number of aliphatic hydroxyl groups is 1. The Kier molecular flexibility index (Phi) is 4.73. The molecule has 3 aromatic rings. The van der Waals surface area contributed by atoms with E-state index in [0.29, 0.717) is 19.8 Å². The van der Waals surface area contributed by atoms with Crippen LogP contribution in [0, 0.1) is 0 Å². The van der Waals surface area contributed by atoms with Crippen molar-refractivity contribution in [1.82, 2.24) is 9.55 Å². The summed E-state index contributed by atoms with van der Waals surface area (Å²) in [4.78, 5) is 4.53. The number of fused-ring (bicyclic) bond motifs is 1. The molecule has 2 aromatic carbocycles. The Bertz CT molecular complexity index is 917. The van der Waals surface area contributed by atoms with Crippen molar-refractivity contribution in [2.75, 3.05) is 6.61 Å².